The van der Waals surface area contributed by atoms with Crippen LogP contribution < -0.4 is 4.74 Å². The van der Waals surface area contributed by atoms with Crippen molar-refractivity contribution in [1.82, 2.24) is 0 Å². The van der Waals surface area contributed by atoms with Crippen molar-refractivity contribution in [1.29, 1.82) is 5.26 Å². The minimum absolute atomic E-state index is 0.0464. The molecule has 0 aliphatic rings. The van der Waals surface area contributed by atoms with Gasteiger partial charge in [-0.05, 0) is 41.1 Å². The number of nitriles is 1. The first-order valence-electron chi connectivity index (χ1n) is 4.32. The van der Waals surface area contributed by atoms with Crippen LogP contribution in [0.5, 0.6) is 5.75 Å². The number of carboxylic acid groups (broad SMARTS) is 1. The molecule has 0 unspecified atom stereocenters. The van der Waals surface area contributed by atoms with Crippen molar-refractivity contribution < 1.29 is 14.6 Å². The fraction of sp³-hybridized carbons (Fsp3) is 0.0909. The molecule has 1 aromatic rings. The molecule has 0 spiro atoms. The molecular weight excluding hydrogens is 274 g/mol. The van der Waals surface area contributed by atoms with Crippen molar-refractivity contribution in [3.8, 4) is 11.8 Å². The van der Waals surface area contributed by atoms with E-state index in [2.05, 4.69) is 15.9 Å². The van der Waals surface area contributed by atoms with Crippen LogP contribution in [0.15, 0.2) is 34.5 Å². The Morgan fingerprint density at radius 1 is 1.56 bits per heavy atom. The highest BCUT2D eigenvalue weighted by molar-refractivity contribution is 9.12. The number of allylic oxidation sites excluding steroid dienone is 1. The lowest BCUT2D eigenvalue weighted by Gasteiger charge is -2.06. The highest BCUT2D eigenvalue weighted by Gasteiger charge is 2.09. The standard InChI is InChI=1S/C11H8BrNO3/c1-7(10(12)11(14)15)16-9-4-2-3-8(5-9)6-13/h2-5H,1H3,(H,14,15)/b10-7+. The molecule has 16 heavy (non-hydrogen) atoms. The molecule has 0 aliphatic carbocycles. The Morgan fingerprint density at radius 3 is 2.81 bits per heavy atom. The normalized spacial score (nSPS) is 11.3. The van der Waals surface area contributed by atoms with Gasteiger partial charge in [0.15, 0.2) is 0 Å². The van der Waals surface area contributed by atoms with Crippen LogP contribution in [0.3, 0.4) is 0 Å². The Kier molecular flexibility index (Phi) is 4.09. The number of carboxylic acids is 1. The van der Waals surface area contributed by atoms with Gasteiger partial charge in [-0.3, -0.25) is 0 Å². The molecule has 0 radical (unpaired) electrons. The molecule has 0 fully saturated rings. The lowest BCUT2D eigenvalue weighted by molar-refractivity contribution is -0.131. The van der Waals surface area contributed by atoms with Crippen LogP contribution in [0.25, 0.3) is 0 Å². The molecule has 0 amide bonds. The maximum Gasteiger partial charge on any atom is 0.346 e. The van der Waals surface area contributed by atoms with Crippen molar-refractivity contribution in [2.75, 3.05) is 0 Å². The molecule has 0 saturated carbocycles. The molecule has 1 N–H and O–H groups in total. The molecule has 0 atom stereocenters. The van der Waals surface area contributed by atoms with E-state index in [0.29, 0.717) is 11.3 Å². The second-order valence-corrected chi connectivity index (χ2v) is 3.71. The Hall–Kier alpha value is -1.80. The summed E-state index contributed by atoms with van der Waals surface area (Å²) in [5.74, 6) is -0.453. The third kappa shape index (κ3) is 3.11. The van der Waals surface area contributed by atoms with Gasteiger partial charge in [0.05, 0.1) is 11.6 Å². The van der Waals surface area contributed by atoms with Crippen molar-refractivity contribution in [3.63, 3.8) is 0 Å². The Morgan fingerprint density at radius 2 is 2.25 bits per heavy atom. The predicted octanol–water partition coefficient (Wildman–Crippen LogP) is 2.65. The molecule has 1 rings (SSSR count). The molecule has 0 bridgehead atoms. The zero-order valence-corrected chi connectivity index (χ0v) is 9.98. The summed E-state index contributed by atoms with van der Waals surface area (Å²) in [5, 5.41) is 17.4. The first kappa shape index (κ1) is 12.3. The van der Waals surface area contributed by atoms with Crippen molar-refractivity contribution in [2.24, 2.45) is 0 Å². The van der Waals surface area contributed by atoms with Gasteiger partial charge in [0.25, 0.3) is 0 Å². The minimum atomic E-state index is -1.10. The fourth-order valence-electron chi connectivity index (χ4n) is 1.00. The van der Waals surface area contributed by atoms with E-state index < -0.39 is 5.97 Å². The van der Waals surface area contributed by atoms with Crippen molar-refractivity contribution in [3.05, 3.63) is 40.1 Å². The maximum absolute atomic E-state index is 10.6. The summed E-state index contributed by atoms with van der Waals surface area (Å²) in [6.07, 6.45) is 0. The van der Waals surface area contributed by atoms with Gasteiger partial charge in [0, 0.05) is 0 Å². The summed E-state index contributed by atoms with van der Waals surface area (Å²) in [7, 11) is 0. The lowest BCUT2D eigenvalue weighted by atomic mass is 10.2. The number of aliphatic carboxylic acids is 1. The van der Waals surface area contributed by atoms with E-state index in [9.17, 15) is 4.79 Å². The molecule has 5 heteroatoms. The van der Waals surface area contributed by atoms with E-state index >= 15 is 0 Å². The van der Waals surface area contributed by atoms with E-state index in [4.69, 9.17) is 15.1 Å². The largest absolute Gasteiger partial charge is 0.477 e. The van der Waals surface area contributed by atoms with Gasteiger partial charge in [0.1, 0.15) is 16.0 Å². The predicted molar refractivity (Wildman–Crippen MR) is 61.0 cm³/mol. The quantitative estimate of drug-likeness (QED) is 0.683. The van der Waals surface area contributed by atoms with Crippen LogP contribution in [-0.2, 0) is 4.79 Å². The van der Waals surface area contributed by atoms with Crippen LogP contribution in [0.2, 0.25) is 0 Å². The van der Waals surface area contributed by atoms with Gasteiger partial charge in [-0.15, -0.1) is 0 Å². The Balaban J connectivity index is 2.94. The van der Waals surface area contributed by atoms with E-state index in [1.807, 2.05) is 6.07 Å². The third-order valence-electron chi connectivity index (χ3n) is 1.73. The SMILES string of the molecule is C/C(Oc1cccc(C#N)c1)=C(\Br)C(=O)O. The molecule has 1 aromatic carbocycles. The topological polar surface area (TPSA) is 70.3 Å². The van der Waals surface area contributed by atoms with Gasteiger partial charge in [-0.25, -0.2) is 4.79 Å². The fourth-order valence-corrected chi connectivity index (χ4v) is 1.08. The Labute approximate surface area is 101 Å². The van der Waals surface area contributed by atoms with Crippen LogP contribution in [0.4, 0.5) is 0 Å². The van der Waals surface area contributed by atoms with E-state index in [-0.39, 0.29) is 10.2 Å². The summed E-state index contributed by atoms with van der Waals surface area (Å²) in [4.78, 5) is 10.6. The minimum Gasteiger partial charge on any atom is -0.477 e. The first-order valence-corrected chi connectivity index (χ1v) is 5.11. The molecule has 0 saturated heterocycles. The van der Waals surface area contributed by atoms with Gasteiger partial charge in [0.2, 0.25) is 0 Å². The number of halogens is 1. The monoisotopic (exact) mass is 281 g/mol. The summed E-state index contributed by atoms with van der Waals surface area (Å²) in [5.41, 5.74) is 0.455. The summed E-state index contributed by atoms with van der Waals surface area (Å²) in [6, 6.07) is 8.45. The average Bonchev–Trinajstić information content (AvgIpc) is 2.28. The highest BCUT2D eigenvalue weighted by atomic mass is 79.9. The summed E-state index contributed by atoms with van der Waals surface area (Å²) < 4.78 is 5.23. The number of benzene rings is 1. The number of nitrogens with zero attached hydrogens (tertiary/aromatic N) is 1. The van der Waals surface area contributed by atoms with Gasteiger partial charge in [-0.1, -0.05) is 6.07 Å². The van der Waals surface area contributed by atoms with Crippen LogP contribution in [0.1, 0.15) is 12.5 Å². The van der Waals surface area contributed by atoms with E-state index in [0.717, 1.165) is 0 Å². The zero-order chi connectivity index (χ0) is 12.1. The van der Waals surface area contributed by atoms with Gasteiger partial charge < -0.3 is 9.84 Å². The number of hydrogen-bond acceptors (Lipinski definition) is 3. The Bertz CT molecular complexity index is 488. The van der Waals surface area contributed by atoms with Crippen LogP contribution in [-0.4, -0.2) is 11.1 Å². The summed E-state index contributed by atoms with van der Waals surface area (Å²) >= 11 is 2.89. The van der Waals surface area contributed by atoms with Gasteiger partial charge >= 0.3 is 5.97 Å². The first-order chi connectivity index (χ1) is 7.54. The second-order valence-electron chi connectivity index (χ2n) is 2.92. The molecule has 0 aromatic heterocycles. The second kappa shape index (κ2) is 5.33. The maximum atomic E-state index is 10.6. The third-order valence-corrected chi connectivity index (χ3v) is 2.63. The number of hydrogen-bond donors (Lipinski definition) is 1. The van der Waals surface area contributed by atoms with Gasteiger partial charge in [-0.2, -0.15) is 5.26 Å². The smallest absolute Gasteiger partial charge is 0.346 e. The summed E-state index contributed by atoms with van der Waals surface area (Å²) in [6.45, 7) is 1.53. The number of rotatable bonds is 3. The molecule has 82 valence electrons. The highest BCUT2D eigenvalue weighted by Crippen LogP contribution is 2.19. The van der Waals surface area contributed by atoms with Crippen molar-refractivity contribution >= 4 is 21.9 Å². The van der Waals surface area contributed by atoms with Crippen LogP contribution >= 0.6 is 15.9 Å². The molecular formula is C11H8BrNO3. The van der Waals surface area contributed by atoms with Crippen molar-refractivity contribution in [2.45, 2.75) is 6.92 Å². The average molecular weight is 282 g/mol. The lowest BCUT2D eigenvalue weighted by Crippen LogP contribution is -2.01. The molecule has 0 aliphatic heterocycles. The van der Waals surface area contributed by atoms with E-state index in [1.165, 1.54) is 13.0 Å². The molecule has 0 heterocycles. The number of ether oxygens (including phenoxy) is 1. The van der Waals surface area contributed by atoms with E-state index in [1.54, 1.807) is 18.2 Å². The molecule has 4 nitrogen and oxygen atoms in total. The number of carbonyl (C=O) groups is 1. The zero-order valence-electron chi connectivity index (χ0n) is 8.40. The van der Waals surface area contributed by atoms with Crippen LogP contribution in [0, 0.1) is 11.3 Å².